The minimum atomic E-state index is 0.462. The summed E-state index contributed by atoms with van der Waals surface area (Å²) in [6.07, 6.45) is 0. The number of aromatic nitrogens is 2. The second kappa shape index (κ2) is 6.13. The van der Waals surface area contributed by atoms with Crippen LogP contribution in [0.4, 0.5) is 0 Å². The molecule has 2 rings (SSSR count). The number of hydrogen-bond donors (Lipinski definition) is 1. The zero-order valence-electron chi connectivity index (χ0n) is 9.49. The summed E-state index contributed by atoms with van der Waals surface area (Å²) < 4.78 is 6.46. The molecule has 0 saturated carbocycles. The van der Waals surface area contributed by atoms with Gasteiger partial charge in [0.2, 0.25) is 11.8 Å². The number of hydrogen-bond acceptors (Lipinski definition) is 4. The van der Waals surface area contributed by atoms with Gasteiger partial charge in [-0.05, 0) is 28.1 Å². The molecule has 0 radical (unpaired) electrons. The molecule has 0 aliphatic heterocycles. The molecule has 94 valence electrons. The lowest BCUT2D eigenvalue weighted by Crippen LogP contribution is -2.14. The molecule has 4 nitrogen and oxygen atoms in total. The molecule has 2 aromatic rings. The summed E-state index contributed by atoms with van der Waals surface area (Å²) in [5.41, 5.74) is 0.873. The molecular formula is C12H11BrClN3O. The molecule has 18 heavy (non-hydrogen) atoms. The van der Waals surface area contributed by atoms with Crippen LogP contribution in [-0.4, -0.2) is 16.7 Å². The van der Waals surface area contributed by atoms with E-state index >= 15 is 0 Å². The first-order valence-corrected chi connectivity index (χ1v) is 6.45. The van der Waals surface area contributed by atoms with Gasteiger partial charge in [0.1, 0.15) is 0 Å². The molecule has 0 aliphatic rings. The lowest BCUT2D eigenvalue weighted by atomic mass is 10.2. The van der Waals surface area contributed by atoms with Gasteiger partial charge >= 0.3 is 0 Å². The first kappa shape index (κ1) is 13.3. The second-order valence-electron chi connectivity index (χ2n) is 3.60. The average molecular weight is 329 g/mol. The summed E-state index contributed by atoms with van der Waals surface area (Å²) in [5.74, 6) is 1.00. The number of nitrogens with one attached hydrogen (secondary N) is 1. The third-order valence-corrected chi connectivity index (χ3v) is 2.99. The highest BCUT2D eigenvalue weighted by molar-refractivity contribution is 9.10. The molecule has 6 heteroatoms. The van der Waals surface area contributed by atoms with Gasteiger partial charge in [-0.2, -0.15) is 0 Å². The van der Waals surface area contributed by atoms with Gasteiger partial charge in [0, 0.05) is 16.0 Å². The third kappa shape index (κ3) is 3.41. The van der Waals surface area contributed by atoms with E-state index in [1.54, 1.807) is 0 Å². The SMILES string of the molecule is C=C(Cl)CNCc1nnc(-c2ccccc2Br)o1. The van der Waals surface area contributed by atoms with Gasteiger partial charge in [0.15, 0.2) is 0 Å². The smallest absolute Gasteiger partial charge is 0.248 e. The Morgan fingerprint density at radius 1 is 1.39 bits per heavy atom. The van der Waals surface area contributed by atoms with Crippen molar-refractivity contribution in [3.05, 3.63) is 46.2 Å². The topological polar surface area (TPSA) is 51.0 Å². The van der Waals surface area contributed by atoms with Gasteiger partial charge in [-0.1, -0.05) is 30.3 Å². The Balaban J connectivity index is 2.06. The zero-order chi connectivity index (χ0) is 13.0. The van der Waals surface area contributed by atoms with Crippen molar-refractivity contribution in [3.8, 4) is 11.5 Å². The summed E-state index contributed by atoms with van der Waals surface area (Å²) in [6, 6.07) is 7.68. The Bertz CT molecular complexity index is 556. The second-order valence-corrected chi connectivity index (χ2v) is 4.99. The molecule has 1 heterocycles. The number of benzene rings is 1. The molecule has 0 saturated heterocycles. The largest absolute Gasteiger partial charge is 0.419 e. The normalized spacial score (nSPS) is 10.6. The molecule has 0 bridgehead atoms. The van der Waals surface area contributed by atoms with Crippen LogP contribution < -0.4 is 5.32 Å². The fraction of sp³-hybridized carbons (Fsp3) is 0.167. The molecule has 1 aromatic heterocycles. The summed E-state index contributed by atoms with van der Waals surface area (Å²) in [6.45, 7) is 4.55. The summed E-state index contributed by atoms with van der Waals surface area (Å²) in [5, 5.41) is 11.5. The van der Waals surface area contributed by atoms with Gasteiger partial charge in [-0.25, -0.2) is 0 Å². The lowest BCUT2D eigenvalue weighted by molar-refractivity contribution is 0.484. The van der Waals surface area contributed by atoms with Crippen LogP contribution in [0.25, 0.3) is 11.5 Å². The van der Waals surface area contributed by atoms with E-state index in [2.05, 4.69) is 38.0 Å². The fourth-order valence-corrected chi connectivity index (χ4v) is 1.92. The van der Waals surface area contributed by atoms with E-state index < -0.39 is 0 Å². The van der Waals surface area contributed by atoms with Crippen molar-refractivity contribution in [1.82, 2.24) is 15.5 Å². The van der Waals surface area contributed by atoms with E-state index in [1.807, 2.05) is 24.3 Å². The highest BCUT2D eigenvalue weighted by Gasteiger charge is 2.10. The van der Waals surface area contributed by atoms with Crippen LogP contribution in [0.2, 0.25) is 0 Å². The summed E-state index contributed by atoms with van der Waals surface area (Å²) in [4.78, 5) is 0. The highest BCUT2D eigenvalue weighted by atomic mass is 79.9. The molecule has 0 fully saturated rings. The summed E-state index contributed by atoms with van der Waals surface area (Å²) in [7, 11) is 0. The molecule has 0 unspecified atom stereocenters. The van der Waals surface area contributed by atoms with Gasteiger partial charge in [-0.15, -0.1) is 10.2 Å². The Hall–Kier alpha value is -1.17. The summed E-state index contributed by atoms with van der Waals surface area (Å²) >= 11 is 9.08. The van der Waals surface area contributed by atoms with Gasteiger partial charge in [0.05, 0.1) is 12.1 Å². The maximum absolute atomic E-state index is 5.64. The predicted octanol–water partition coefficient (Wildman–Crippen LogP) is 3.34. The molecule has 0 atom stereocenters. The van der Waals surface area contributed by atoms with Crippen LogP contribution in [0.3, 0.4) is 0 Å². The zero-order valence-corrected chi connectivity index (χ0v) is 11.8. The van der Waals surface area contributed by atoms with Crippen LogP contribution >= 0.6 is 27.5 Å². The number of nitrogens with zero attached hydrogens (tertiary/aromatic N) is 2. The van der Waals surface area contributed by atoms with E-state index in [1.165, 1.54) is 0 Å². The Morgan fingerprint density at radius 3 is 2.89 bits per heavy atom. The quantitative estimate of drug-likeness (QED) is 0.914. The van der Waals surface area contributed by atoms with Crippen molar-refractivity contribution in [2.75, 3.05) is 6.54 Å². The molecule has 1 N–H and O–H groups in total. The monoisotopic (exact) mass is 327 g/mol. The Kier molecular flexibility index (Phi) is 4.52. The van der Waals surface area contributed by atoms with Crippen LogP contribution in [0.15, 0.2) is 44.8 Å². The van der Waals surface area contributed by atoms with E-state index in [0.717, 1.165) is 10.0 Å². The van der Waals surface area contributed by atoms with E-state index in [-0.39, 0.29) is 0 Å². The first-order chi connectivity index (χ1) is 8.66. The standard InChI is InChI=1S/C12H11BrClN3O/c1-8(14)6-15-7-11-16-17-12(18-11)9-4-2-3-5-10(9)13/h2-5,15H,1,6-7H2. The van der Waals surface area contributed by atoms with Crippen molar-refractivity contribution in [2.24, 2.45) is 0 Å². The molecule has 0 amide bonds. The maximum atomic E-state index is 5.64. The molecular weight excluding hydrogens is 318 g/mol. The van der Waals surface area contributed by atoms with Crippen molar-refractivity contribution in [1.29, 1.82) is 0 Å². The van der Waals surface area contributed by atoms with Crippen LogP contribution in [0, 0.1) is 0 Å². The van der Waals surface area contributed by atoms with Crippen molar-refractivity contribution in [3.63, 3.8) is 0 Å². The lowest BCUT2D eigenvalue weighted by Gasteiger charge is -1.99. The fourth-order valence-electron chi connectivity index (χ4n) is 1.37. The average Bonchev–Trinajstić information content (AvgIpc) is 2.78. The Labute approximate surface area is 118 Å². The van der Waals surface area contributed by atoms with Crippen LogP contribution in [0.5, 0.6) is 0 Å². The van der Waals surface area contributed by atoms with Crippen molar-refractivity contribution < 1.29 is 4.42 Å². The number of halogens is 2. The van der Waals surface area contributed by atoms with Crippen molar-refractivity contribution >= 4 is 27.5 Å². The third-order valence-electron chi connectivity index (χ3n) is 2.16. The highest BCUT2D eigenvalue weighted by Crippen LogP contribution is 2.26. The molecule has 0 spiro atoms. The molecule has 1 aromatic carbocycles. The first-order valence-electron chi connectivity index (χ1n) is 5.28. The van der Waals surface area contributed by atoms with Crippen molar-refractivity contribution in [2.45, 2.75) is 6.54 Å². The van der Waals surface area contributed by atoms with Gasteiger partial charge in [-0.3, -0.25) is 0 Å². The van der Waals surface area contributed by atoms with Crippen LogP contribution in [-0.2, 0) is 6.54 Å². The van der Waals surface area contributed by atoms with Gasteiger partial charge in [0.25, 0.3) is 0 Å². The number of rotatable bonds is 5. The van der Waals surface area contributed by atoms with E-state index in [9.17, 15) is 0 Å². The van der Waals surface area contributed by atoms with Crippen LogP contribution in [0.1, 0.15) is 5.89 Å². The van der Waals surface area contributed by atoms with E-state index in [4.69, 9.17) is 16.0 Å². The minimum Gasteiger partial charge on any atom is -0.419 e. The van der Waals surface area contributed by atoms with E-state index in [0.29, 0.717) is 29.9 Å². The predicted molar refractivity (Wildman–Crippen MR) is 74.1 cm³/mol. The van der Waals surface area contributed by atoms with Gasteiger partial charge < -0.3 is 9.73 Å². The maximum Gasteiger partial charge on any atom is 0.248 e. The Morgan fingerprint density at radius 2 is 2.17 bits per heavy atom. The minimum absolute atomic E-state index is 0.462. The molecule has 0 aliphatic carbocycles.